The number of pyridine rings is 1. The number of furan rings is 1. The molecule has 4 aromatic rings. The fraction of sp³-hybridized carbons (Fsp3) is 0.259. The van der Waals surface area contributed by atoms with Crippen molar-refractivity contribution in [1.82, 2.24) is 4.98 Å². The molecule has 2 aromatic carbocycles. The molecular formula is C27H27FN2O5. The van der Waals surface area contributed by atoms with E-state index < -0.39 is 11.8 Å². The molecule has 0 atom stereocenters. The van der Waals surface area contributed by atoms with Gasteiger partial charge in [-0.25, -0.2) is 4.39 Å². The highest BCUT2D eigenvalue weighted by Gasteiger charge is 2.15. The SMILES string of the molecule is CCOC(=O)Cc1ccc(F)cc1OCc1cc(-c2ccnc(CN)c2)c2oc(COC)cc2c1. The fourth-order valence-corrected chi connectivity index (χ4v) is 3.87. The van der Waals surface area contributed by atoms with Crippen molar-refractivity contribution in [3.8, 4) is 16.9 Å². The van der Waals surface area contributed by atoms with Gasteiger partial charge in [0.15, 0.2) is 0 Å². The molecule has 2 heterocycles. The summed E-state index contributed by atoms with van der Waals surface area (Å²) in [5.41, 5.74) is 10.4. The molecule has 0 bridgehead atoms. The minimum Gasteiger partial charge on any atom is -0.488 e. The van der Waals surface area contributed by atoms with Crippen LogP contribution in [0.4, 0.5) is 4.39 Å². The maximum atomic E-state index is 14.0. The monoisotopic (exact) mass is 478 g/mol. The molecular weight excluding hydrogens is 451 g/mol. The highest BCUT2D eigenvalue weighted by Crippen LogP contribution is 2.34. The Hall–Kier alpha value is -3.75. The number of carbonyl (C=O) groups excluding carboxylic acids is 1. The molecule has 0 unspecified atom stereocenters. The maximum Gasteiger partial charge on any atom is 0.310 e. The number of nitrogens with two attached hydrogens (primary N) is 1. The lowest BCUT2D eigenvalue weighted by molar-refractivity contribution is -0.142. The molecule has 8 heteroatoms. The quantitative estimate of drug-likeness (QED) is 0.323. The van der Waals surface area contributed by atoms with E-state index in [1.807, 2.05) is 30.3 Å². The van der Waals surface area contributed by atoms with Crippen molar-refractivity contribution >= 4 is 16.9 Å². The summed E-state index contributed by atoms with van der Waals surface area (Å²) in [4.78, 5) is 16.3. The number of fused-ring (bicyclic) bond motifs is 1. The third-order valence-electron chi connectivity index (χ3n) is 5.41. The number of hydrogen-bond donors (Lipinski definition) is 1. The minimum absolute atomic E-state index is 0.00523. The van der Waals surface area contributed by atoms with Crippen LogP contribution >= 0.6 is 0 Å². The molecule has 182 valence electrons. The number of benzene rings is 2. The fourth-order valence-electron chi connectivity index (χ4n) is 3.87. The largest absolute Gasteiger partial charge is 0.488 e. The zero-order valence-electron chi connectivity index (χ0n) is 19.7. The zero-order valence-corrected chi connectivity index (χ0v) is 19.7. The van der Waals surface area contributed by atoms with Gasteiger partial charge in [0.05, 0.1) is 18.7 Å². The van der Waals surface area contributed by atoms with E-state index >= 15 is 0 Å². The molecule has 2 N–H and O–H groups in total. The second-order valence-electron chi connectivity index (χ2n) is 7.97. The Kier molecular flexibility index (Phi) is 7.74. The molecule has 0 fully saturated rings. The summed E-state index contributed by atoms with van der Waals surface area (Å²) < 4.78 is 36.3. The van der Waals surface area contributed by atoms with Gasteiger partial charge in [-0.1, -0.05) is 6.07 Å². The van der Waals surface area contributed by atoms with Gasteiger partial charge >= 0.3 is 5.97 Å². The van der Waals surface area contributed by atoms with Gasteiger partial charge in [0.25, 0.3) is 0 Å². The van der Waals surface area contributed by atoms with Crippen LogP contribution < -0.4 is 10.5 Å². The van der Waals surface area contributed by atoms with Gasteiger partial charge in [0, 0.05) is 42.4 Å². The van der Waals surface area contributed by atoms with E-state index in [0.29, 0.717) is 35.8 Å². The summed E-state index contributed by atoms with van der Waals surface area (Å²) in [6.07, 6.45) is 1.70. The molecule has 0 aliphatic carbocycles. The Labute approximate surface area is 202 Å². The summed E-state index contributed by atoms with van der Waals surface area (Å²) in [5, 5.41) is 0.880. The first-order valence-electron chi connectivity index (χ1n) is 11.3. The van der Waals surface area contributed by atoms with Crippen LogP contribution in [-0.4, -0.2) is 24.7 Å². The van der Waals surface area contributed by atoms with Gasteiger partial charge in [-0.05, 0) is 54.4 Å². The van der Waals surface area contributed by atoms with Crippen LogP contribution in [0.5, 0.6) is 5.75 Å². The molecule has 35 heavy (non-hydrogen) atoms. The van der Waals surface area contributed by atoms with Crippen LogP contribution in [0.2, 0.25) is 0 Å². The summed E-state index contributed by atoms with van der Waals surface area (Å²) in [5.74, 6) is 0.136. The van der Waals surface area contributed by atoms with Crippen molar-refractivity contribution in [2.45, 2.75) is 33.1 Å². The number of hydrogen-bond acceptors (Lipinski definition) is 7. The first-order chi connectivity index (χ1) is 17.0. The van der Waals surface area contributed by atoms with Crippen molar-refractivity contribution in [3.05, 3.63) is 83.1 Å². The Morgan fingerprint density at radius 1 is 1.11 bits per heavy atom. The number of ether oxygens (including phenoxy) is 3. The molecule has 0 amide bonds. The second-order valence-corrected chi connectivity index (χ2v) is 7.97. The van der Waals surface area contributed by atoms with Gasteiger partial charge in [-0.2, -0.15) is 0 Å². The third-order valence-corrected chi connectivity index (χ3v) is 5.41. The van der Waals surface area contributed by atoms with Crippen molar-refractivity contribution in [3.63, 3.8) is 0 Å². The molecule has 4 rings (SSSR count). The molecule has 0 aliphatic heterocycles. The predicted molar refractivity (Wildman–Crippen MR) is 129 cm³/mol. The maximum absolute atomic E-state index is 14.0. The van der Waals surface area contributed by atoms with Crippen LogP contribution in [-0.2, 0) is 40.4 Å². The van der Waals surface area contributed by atoms with Crippen LogP contribution in [0, 0.1) is 5.82 Å². The van der Waals surface area contributed by atoms with Crippen LogP contribution in [0.25, 0.3) is 22.1 Å². The number of nitrogens with zero attached hydrogens (tertiary/aromatic N) is 1. The molecule has 0 spiro atoms. The smallest absolute Gasteiger partial charge is 0.310 e. The molecule has 0 saturated heterocycles. The van der Waals surface area contributed by atoms with E-state index in [4.69, 9.17) is 24.4 Å². The Balaban J connectivity index is 1.69. The molecule has 0 saturated carbocycles. The average molecular weight is 479 g/mol. The van der Waals surface area contributed by atoms with Crippen molar-refractivity contribution in [2.75, 3.05) is 13.7 Å². The van der Waals surface area contributed by atoms with E-state index in [2.05, 4.69) is 4.98 Å². The average Bonchev–Trinajstić information content (AvgIpc) is 3.26. The zero-order chi connectivity index (χ0) is 24.8. The van der Waals surface area contributed by atoms with E-state index in [-0.39, 0.29) is 19.6 Å². The Morgan fingerprint density at radius 2 is 1.97 bits per heavy atom. The van der Waals surface area contributed by atoms with E-state index in [9.17, 15) is 9.18 Å². The van der Waals surface area contributed by atoms with Crippen molar-refractivity contribution in [2.24, 2.45) is 5.73 Å². The van der Waals surface area contributed by atoms with E-state index in [1.54, 1.807) is 20.2 Å². The van der Waals surface area contributed by atoms with Gasteiger partial charge < -0.3 is 24.4 Å². The van der Waals surface area contributed by atoms with Gasteiger partial charge in [-0.3, -0.25) is 9.78 Å². The number of carbonyl (C=O) groups is 1. The van der Waals surface area contributed by atoms with Gasteiger partial charge in [0.2, 0.25) is 0 Å². The predicted octanol–water partition coefficient (Wildman–Crippen LogP) is 4.92. The number of halogens is 1. The van der Waals surface area contributed by atoms with Gasteiger partial charge in [0.1, 0.15) is 36.1 Å². The summed E-state index contributed by atoms with van der Waals surface area (Å²) in [6, 6.07) is 13.8. The lowest BCUT2D eigenvalue weighted by Crippen LogP contribution is -2.09. The number of rotatable bonds is 10. The topological polar surface area (TPSA) is 96.8 Å². The highest BCUT2D eigenvalue weighted by atomic mass is 19.1. The van der Waals surface area contributed by atoms with Gasteiger partial charge in [-0.15, -0.1) is 0 Å². The minimum atomic E-state index is -0.450. The second kappa shape index (κ2) is 11.1. The normalized spacial score (nSPS) is 11.1. The third kappa shape index (κ3) is 5.85. The Morgan fingerprint density at radius 3 is 2.74 bits per heavy atom. The van der Waals surface area contributed by atoms with Crippen molar-refractivity contribution in [1.29, 1.82) is 0 Å². The lowest BCUT2D eigenvalue weighted by atomic mass is 10.0. The molecule has 0 aliphatic rings. The standard InChI is InChI=1S/C27H27FN2O5/c1-3-33-26(31)12-19-4-5-21(28)13-25(19)34-15-17-8-20-11-23(16-32-2)35-27(20)24(9-17)18-6-7-30-22(10-18)14-29/h4-11,13H,3,12,14-16,29H2,1-2H3. The lowest BCUT2D eigenvalue weighted by Gasteiger charge is -2.13. The van der Waals surface area contributed by atoms with E-state index in [1.165, 1.54) is 18.2 Å². The van der Waals surface area contributed by atoms with Crippen LogP contribution in [0.3, 0.4) is 0 Å². The molecule has 2 aromatic heterocycles. The molecule has 7 nitrogen and oxygen atoms in total. The Bertz CT molecular complexity index is 1330. The van der Waals surface area contributed by atoms with Crippen LogP contribution in [0.1, 0.15) is 29.5 Å². The summed E-state index contributed by atoms with van der Waals surface area (Å²) in [6.45, 7) is 2.82. The highest BCUT2D eigenvalue weighted by molar-refractivity contribution is 5.93. The summed E-state index contributed by atoms with van der Waals surface area (Å²) >= 11 is 0. The van der Waals surface area contributed by atoms with E-state index in [0.717, 1.165) is 27.8 Å². The van der Waals surface area contributed by atoms with Crippen molar-refractivity contribution < 1.29 is 27.8 Å². The first-order valence-corrected chi connectivity index (χ1v) is 11.3. The number of methoxy groups -OCH3 is 1. The van der Waals surface area contributed by atoms with Crippen LogP contribution in [0.15, 0.2) is 59.1 Å². The number of esters is 1. The summed E-state index contributed by atoms with van der Waals surface area (Å²) in [7, 11) is 1.61. The number of aromatic nitrogens is 1. The molecule has 0 radical (unpaired) electrons. The first kappa shape index (κ1) is 24.4.